The third-order valence-electron chi connectivity index (χ3n) is 2.65. The lowest BCUT2D eigenvalue weighted by molar-refractivity contribution is 0.372. The highest BCUT2D eigenvalue weighted by atomic mass is 79.9. The summed E-state index contributed by atoms with van der Waals surface area (Å²) in [4.78, 5) is 0.210. The van der Waals surface area contributed by atoms with Crippen molar-refractivity contribution in [1.29, 1.82) is 0 Å². The highest BCUT2D eigenvalue weighted by Crippen LogP contribution is 2.25. The van der Waals surface area contributed by atoms with E-state index in [1.165, 1.54) is 12.1 Å². The highest BCUT2D eigenvalue weighted by Gasteiger charge is 2.26. The summed E-state index contributed by atoms with van der Waals surface area (Å²) in [6.07, 6.45) is 0. The Morgan fingerprint density at radius 1 is 0.810 bits per heavy atom. The number of benzene rings is 2. The quantitative estimate of drug-likeness (QED) is 0.434. The zero-order valence-corrected chi connectivity index (χ0v) is 12.5. The van der Waals surface area contributed by atoms with Crippen molar-refractivity contribution in [2.45, 2.75) is 10.6 Å². The first kappa shape index (κ1) is 16.1. The number of hydrogen-bond acceptors (Lipinski definition) is 1. The Bertz CT molecular complexity index is 688. The minimum absolute atomic E-state index is 0.210. The van der Waals surface area contributed by atoms with Crippen molar-refractivity contribution in [2.75, 3.05) is 0 Å². The molecule has 0 heterocycles. The molecule has 1 atom stereocenters. The lowest BCUT2D eigenvalue weighted by atomic mass is 10.2. The molecule has 2 aromatic rings. The molecule has 0 aliphatic heterocycles. The summed E-state index contributed by atoms with van der Waals surface area (Å²) in [6.45, 7) is 0. The third kappa shape index (κ3) is 3.16. The van der Waals surface area contributed by atoms with Crippen LogP contribution in [0.2, 0.25) is 0 Å². The first-order valence-electron chi connectivity index (χ1n) is 5.47. The maximum absolute atomic E-state index is 13.5. The van der Waals surface area contributed by atoms with E-state index >= 15 is 0 Å². The lowest BCUT2D eigenvalue weighted by Crippen LogP contribution is -2.09. The molecule has 0 spiro atoms. The summed E-state index contributed by atoms with van der Waals surface area (Å²) in [6, 6.07) is 5.94. The smallest absolute Gasteiger partial charge is 0.200 e. The maximum atomic E-state index is 13.5. The van der Waals surface area contributed by atoms with Crippen LogP contribution in [0.3, 0.4) is 0 Å². The first-order chi connectivity index (χ1) is 9.82. The van der Waals surface area contributed by atoms with Crippen molar-refractivity contribution in [3.05, 3.63) is 63.4 Å². The van der Waals surface area contributed by atoms with Crippen LogP contribution in [0.5, 0.6) is 0 Å². The average Bonchev–Trinajstić information content (AvgIpc) is 2.48. The van der Waals surface area contributed by atoms with Gasteiger partial charge in [-0.3, -0.25) is 4.21 Å². The van der Waals surface area contributed by atoms with Gasteiger partial charge in [0.25, 0.3) is 0 Å². The molecule has 1 unspecified atom stereocenters. The molecule has 0 fully saturated rings. The monoisotopic (exact) mass is 384 g/mol. The van der Waals surface area contributed by atoms with Crippen molar-refractivity contribution < 1.29 is 26.2 Å². The molecule has 0 aliphatic carbocycles. The van der Waals surface area contributed by atoms with E-state index in [9.17, 15) is 26.2 Å². The zero-order valence-electron chi connectivity index (χ0n) is 10.1. The van der Waals surface area contributed by atoms with Gasteiger partial charge in [-0.2, -0.15) is 0 Å². The van der Waals surface area contributed by atoms with E-state index in [2.05, 4.69) is 15.9 Å². The summed E-state index contributed by atoms with van der Waals surface area (Å²) in [7, 11) is -1.94. The van der Waals surface area contributed by atoms with Crippen molar-refractivity contribution in [1.82, 2.24) is 0 Å². The number of rotatable bonds is 3. The van der Waals surface area contributed by atoms with Crippen LogP contribution >= 0.6 is 15.9 Å². The van der Waals surface area contributed by atoms with E-state index in [4.69, 9.17) is 0 Å². The van der Waals surface area contributed by atoms with Gasteiger partial charge < -0.3 is 0 Å². The van der Waals surface area contributed by atoms with Gasteiger partial charge >= 0.3 is 0 Å². The van der Waals surface area contributed by atoms with E-state index in [0.717, 1.165) is 0 Å². The van der Waals surface area contributed by atoms with Gasteiger partial charge in [0.05, 0.1) is 16.6 Å². The Morgan fingerprint density at radius 3 is 1.71 bits per heavy atom. The predicted molar refractivity (Wildman–Crippen MR) is 70.5 cm³/mol. The van der Waals surface area contributed by atoms with Crippen molar-refractivity contribution in [3.63, 3.8) is 0 Å². The van der Waals surface area contributed by atoms with E-state index in [0.29, 0.717) is 4.47 Å². The van der Waals surface area contributed by atoms with E-state index in [-0.39, 0.29) is 4.90 Å². The standard InChI is InChI=1S/C13H6BrF5OS/c14-6-1-3-7(4-2-6)21(20)5-8-9(15)11(17)13(19)12(18)10(8)16/h1-4H,5H2. The molecular weight excluding hydrogens is 379 g/mol. The third-order valence-corrected chi connectivity index (χ3v) is 4.53. The van der Waals surface area contributed by atoms with Crippen LogP contribution in [0.25, 0.3) is 0 Å². The molecule has 21 heavy (non-hydrogen) atoms. The molecule has 2 rings (SSSR count). The zero-order chi connectivity index (χ0) is 15.7. The summed E-state index contributed by atoms with van der Waals surface area (Å²) >= 11 is 3.15. The second-order valence-electron chi connectivity index (χ2n) is 3.99. The minimum Gasteiger partial charge on any atom is -0.254 e. The lowest BCUT2D eigenvalue weighted by Gasteiger charge is -2.08. The van der Waals surface area contributed by atoms with Gasteiger partial charge in [0.1, 0.15) is 0 Å². The molecule has 8 heteroatoms. The maximum Gasteiger partial charge on any atom is 0.200 e. The number of halogens is 6. The molecule has 2 aromatic carbocycles. The summed E-state index contributed by atoms with van der Waals surface area (Å²) in [5.74, 6) is -11.1. The van der Waals surface area contributed by atoms with Crippen LogP contribution in [0.1, 0.15) is 5.56 Å². The second-order valence-corrected chi connectivity index (χ2v) is 6.36. The van der Waals surface area contributed by atoms with Crippen LogP contribution in [-0.2, 0) is 16.6 Å². The fraction of sp³-hybridized carbons (Fsp3) is 0.0769. The second kappa shape index (κ2) is 6.23. The molecule has 0 amide bonds. The SMILES string of the molecule is O=S(Cc1c(F)c(F)c(F)c(F)c1F)c1ccc(Br)cc1. The fourth-order valence-electron chi connectivity index (χ4n) is 1.58. The summed E-state index contributed by atoms with van der Waals surface area (Å²) < 4.78 is 78.6. The Labute approximate surface area is 127 Å². The largest absolute Gasteiger partial charge is 0.254 e. The molecule has 0 N–H and O–H groups in total. The van der Waals surface area contributed by atoms with Crippen LogP contribution < -0.4 is 0 Å². The van der Waals surface area contributed by atoms with E-state index in [1.54, 1.807) is 12.1 Å². The molecule has 1 nitrogen and oxygen atoms in total. The average molecular weight is 385 g/mol. The Hall–Kier alpha value is -1.28. The van der Waals surface area contributed by atoms with Gasteiger partial charge in [0.15, 0.2) is 23.3 Å². The predicted octanol–water partition coefficient (Wildman–Crippen LogP) is 4.45. The topological polar surface area (TPSA) is 17.1 Å². The van der Waals surface area contributed by atoms with Crippen LogP contribution in [0.15, 0.2) is 33.6 Å². The number of hydrogen-bond donors (Lipinski definition) is 0. The van der Waals surface area contributed by atoms with Crippen molar-refractivity contribution in [3.8, 4) is 0 Å². The molecule has 0 aromatic heterocycles. The molecule has 0 saturated heterocycles. The van der Waals surface area contributed by atoms with E-state index in [1.807, 2.05) is 0 Å². The van der Waals surface area contributed by atoms with Gasteiger partial charge in [-0.05, 0) is 24.3 Å². The van der Waals surface area contributed by atoms with Gasteiger partial charge in [-0.25, -0.2) is 22.0 Å². The first-order valence-corrected chi connectivity index (χ1v) is 7.58. The highest BCUT2D eigenvalue weighted by molar-refractivity contribution is 9.10. The van der Waals surface area contributed by atoms with Crippen molar-refractivity contribution in [2.24, 2.45) is 0 Å². The van der Waals surface area contributed by atoms with Gasteiger partial charge in [-0.1, -0.05) is 15.9 Å². The molecular formula is C13H6BrF5OS. The Balaban J connectivity index is 2.40. The molecule has 0 aliphatic rings. The minimum atomic E-state index is -2.23. The normalized spacial score (nSPS) is 12.5. The fourth-order valence-corrected chi connectivity index (χ4v) is 2.96. The van der Waals surface area contributed by atoms with E-state index < -0.39 is 51.2 Å². The Morgan fingerprint density at radius 2 is 1.24 bits per heavy atom. The summed E-state index contributed by atoms with van der Waals surface area (Å²) in [5, 5.41) is 0. The summed E-state index contributed by atoms with van der Waals surface area (Å²) in [5.41, 5.74) is -1.09. The molecule has 0 bridgehead atoms. The van der Waals surface area contributed by atoms with Crippen LogP contribution in [-0.4, -0.2) is 4.21 Å². The Kier molecular flexibility index (Phi) is 4.77. The molecule has 0 saturated carbocycles. The van der Waals surface area contributed by atoms with Crippen LogP contribution in [0.4, 0.5) is 22.0 Å². The van der Waals surface area contributed by atoms with Gasteiger partial charge in [-0.15, -0.1) is 0 Å². The van der Waals surface area contributed by atoms with Crippen LogP contribution in [0, 0.1) is 29.1 Å². The van der Waals surface area contributed by atoms with Gasteiger partial charge in [0.2, 0.25) is 5.82 Å². The van der Waals surface area contributed by atoms with Crippen molar-refractivity contribution >= 4 is 26.7 Å². The van der Waals surface area contributed by atoms with Gasteiger partial charge in [0, 0.05) is 14.9 Å². The molecule has 0 radical (unpaired) electrons. The molecule has 112 valence electrons.